The number of carbonyl (C=O) groups is 1. The number of thiazole rings is 1. The summed E-state index contributed by atoms with van der Waals surface area (Å²) in [5, 5.41) is 6.03. The van der Waals surface area contributed by atoms with Crippen molar-refractivity contribution >= 4 is 17.2 Å². The van der Waals surface area contributed by atoms with E-state index in [4.69, 9.17) is 0 Å². The van der Waals surface area contributed by atoms with Crippen molar-refractivity contribution in [1.82, 2.24) is 19.7 Å². The van der Waals surface area contributed by atoms with Gasteiger partial charge in [0.15, 0.2) is 0 Å². The van der Waals surface area contributed by atoms with Crippen molar-refractivity contribution in [1.29, 1.82) is 0 Å². The number of nitrogens with zero attached hydrogens (tertiary/aromatic N) is 4. The quantitative estimate of drug-likeness (QED) is 0.845. The average Bonchev–Trinajstić information content (AvgIpc) is 3.09. The summed E-state index contributed by atoms with van der Waals surface area (Å²) in [6.07, 6.45) is 4.99. The van der Waals surface area contributed by atoms with Gasteiger partial charge in [-0.3, -0.25) is 9.48 Å². The lowest BCUT2D eigenvalue weighted by Gasteiger charge is -2.35. The van der Waals surface area contributed by atoms with Gasteiger partial charge in [-0.25, -0.2) is 4.98 Å². The summed E-state index contributed by atoms with van der Waals surface area (Å²) in [6, 6.07) is 2.12. The number of hydrogen-bond acceptors (Lipinski definition) is 4. The van der Waals surface area contributed by atoms with Crippen LogP contribution >= 0.6 is 11.3 Å². The van der Waals surface area contributed by atoms with Crippen LogP contribution in [0, 0.1) is 0 Å². The molecule has 0 aromatic carbocycles. The van der Waals surface area contributed by atoms with Gasteiger partial charge in [-0.15, -0.1) is 11.3 Å². The van der Waals surface area contributed by atoms with Crippen molar-refractivity contribution in [3.63, 3.8) is 0 Å². The van der Waals surface area contributed by atoms with Gasteiger partial charge in [-0.1, -0.05) is 0 Å². The van der Waals surface area contributed by atoms with E-state index in [1.165, 1.54) is 11.3 Å². The third-order valence-electron chi connectivity index (χ3n) is 3.62. The van der Waals surface area contributed by atoms with Crippen molar-refractivity contribution in [3.05, 3.63) is 34.5 Å². The summed E-state index contributed by atoms with van der Waals surface area (Å²) in [5.41, 5.74) is 3.36. The Morgan fingerprint density at radius 1 is 1.47 bits per heavy atom. The molecule has 6 heteroatoms. The molecule has 0 radical (unpaired) electrons. The Labute approximate surface area is 115 Å². The highest BCUT2D eigenvalue weighted by atomic mass is 32.1. The molecule has 100 valence electrons. The average molecular weight is 276 g/mol. The fourth-order valence-electron chi connectivity index (χ4n) is 2.66. The summed E-state index contributed by atoms with van der Waals surface area (Å²) < 4.78 is 1.86. The molecule has 0 bridgehead atoms. The monoisotopic (exact) mass is 276 g/mol. The number of likely N-dealkylation sites (tertiary alicyclic amines) is 1. The van der Waals surface area contributed by atoms with Crippen LogP contribution in [0.2, 0.25) is 0 Å². The van der Waals surface area contributed by atoms with E-state index < -0.39 is 0 Å². The highest BCUT2D eigenvalue weighted by Gasteiger charge is 2.30. The minimum absolute atomic E-state index is 0.0344. The van der Waals surface area contributed by atoms with Gasteiger partial charge in [0.1, 0.15) is 5.69 Å². The van der Waals surface area contributed by atoms with Gasteiger partial charge < -0.3 is 4.90 Å². The number of rotatable bonds is 2. The summed E-state index contributed by atoms with van der Waals surface area (Å²) in [5.74, 6) is 0.0344. The Kier molecular flexibility index (Phi) is 3.33. The summed E-state index contributed by atoms with van der Waals surface area (Å²) in [6.45, 7) is 0.798. The van der Waals surface area contributed by atoms with Crippen LogP contribution in [0.5, 0.6) is 0 Å². The van der Waals surface area contributed by atoms with Crippen LogP contribution in [0.25, 0.3) is 0 Å². The second-order valence-corrected chi connectivity index (χ2v) is 5.48. The Hall–Kier alpha value is -1.69. The highest BCUT2D eigenvalue weighted by molar-refractivity contribution is 7.07. The first-order chi connectivity index (χ1) is 9.27. The standard InChI is InChI=1S/C13H16N4OS/c1-16-11(5-6-15-16)12-4-2-3-7-17(12)13(18)10-8-19-9-14-10/h5-6,8-9,12H,2-4,7H2,1H3. The number of piperidine rings is 1. The lowest BCUT2D eigenvalue weighted by atomic mass is 9.99. The van der Waals surface area contributed by atoms with Crippen molar-refractivity contribution in [2.45, 2.75) is 25.3 Å². The fraction of sp³-hybridized carbons (Fsp3) is 0.462. The summed E-state index contributed by atoms with van der Waals surface area (Å²) in [7, 11) is 1.93. The van der Waals surface area contributed by atoms with E-state index in [-0.39, 0.29) is 11.9 Å². The van der Waals surface area contributed by atoms with E-state index in [1.54, 1.807) is 11.7 Å². The molecule has 3 heterocycles. The first-order valence-electron chi connectivity index (χ1n) is 6.44. The first kappa shape index (κ1) is 12.3. The summed E-state index contributed by atoms with van der Waals surface area (Å²) >= 11 is 1.46. The van der Waals surface area contributed by atoms with Crippen LogP contribution in [0.4, 0.5) is 0 Å². The number of amides is 1. The number of carbonyl (C=O) groups excluding carboxylic acids is 1. The van der Waals surface area contributed by atoms with E-state index in [2.05, 4.69) is 10.1 Å². The van der Waals surface area contributed by atoms with Crippen molar-refractivity contribution in [3.8, 4) is 0 Å². The van der Waals surface area contributed by atoms with E-state index in [9.17, 15) is 4.79 Å². The SMILES string of the molecule is Cn1nccc1C1CCCCN1C(=O)c1cscn1. The molecule has 0 spiro atoms. The normalized spacial score (nSPS) is 19.6. The number of aryl methyl sites for hydroxylation is 1. The molecule has 1 atom stereocenters. The molecule has 0 N–H and O–H groups in total. The lowest BCUT2D eigenvalue weighted by Crippen LogP contribution is -2.39. The van der Waals surface area contributed by atoms with Crippen LogP contribution < -0.4 is 0 Å². The lowest BCUT2D eigenvalue weighted by molar-refractivity contribution is 0.0596. The van der Waals surface area contributed by atoms with Crippen LogP contribution in [0.15, 0.2) is 23.2 Å². The molecule has 2 aromatic heterocycles. The fourth-order valence-corrected chi connectivity index (χ4v) is 3.18. The zero-order valence-corrected chi connectivity index (χ0v) is 11.6. The molecule has 5 nitrogen and oxygen atoms in total. The molecule has 1 amide bonds. The van der Waals surface area contributed by atoms with Gasteiger partial charge >= 0.3 is 0 Å². The van der Waals surface area contributed by atoms with Crippen molar-refractivity contribution in [2.24, 2.45) is 7.05 Å². The molecular weight excluding hydrogens is 260 g/mol. The second-order valence-electron chi connectivity index (χ2n) is 4.76. The smallest absolute Gasteiger partial charge is 0.273 e. The molecule has 1 aliphatic heterocycles. The van der Waals surface area contributed by atoms with Gasteiger partial charge in [-0.2, -0.15) is 5.10 Å². The van der Waals surface area contributed by atoms with Gasteiger partial charge in [0.05, 0.1) is 17.2 Å². The van der Waals surface area contributed by atoms with E-state index in [1.807, 2.05) is 28.1 Å². The van der Waals surface area contributed by atoms with E-state index >= 15 is 0 Å². The minimum atomic E-state index is 0.0344. The highest BCUT2D eigenvalue weighted by Crippen LogP contribution is 2.31. The predicted molar refractivity (Wildman–Crippen MR) is 73.0 cm³/mol. The maximum atomic E-state index is 12.5. The molecule has 0 aliphatic carbocycles. The Balaban J connectivity index is 1.90. The van der Waals surface area contributed by atoms with Crippen LogP contribution in [-0.2, 0) is 7.05 Å². The Morgan fingerprint density at radius 3 is 3.05 bits per heavy atom. The minimum Gasteiger partial charge on any atom is -0.329 e. The molecule has 0 saturated carbocycles. The molecule has 2 aromatic rings. The zero-order valence-electron chi connectivity index (χ0n) is 10.8. The Morgan fingerprint density at radius 2 is 2.37 bits per heavy atom. The zero-order chi connectivity index (χ0) is 13.2. The molecule has 1 saturated heterocycles. The van der Waals surface area contributed by atoms with E-state index in [0.29, 0.717) is 5.69 Å². The molecule has 1 aliphatic rings. The molecule has 1 unspecified atom stereocenters. The number of aromatic nitrogens is 3. The molecule has 3 rings (SSSR count). The van der Waals surface area contributed by atoms with Crippen molar-refractivity contribution in [2.75, 3.05) is 6.54 Å². The maximum absolute atomic E-state index is 12.5. The number of hydrogen-bond donors (Lipinski definition) is 0. The Bertz CT molecular complexity index is 563. The maximum Gasteiger partial charge on any atom is 0.273 e. The predicted octanol–water partition coefficient (Wildman–Crippen LogP) is 2.24. The van der Waals surface area contributed by atoms with Gasteiger partial charge in [0, 0.05) is 25.2 Å². The summed E-state index contributed by atoms with van der Waals surface area (Å²) in [4.78, 5) is 18.6. The van der Waals surface area contributed by atoms with Gasteiger partial charge in [0.25, 0.3) is 5.91 Å². The van der Waals surface area contributed by atoms with Gasteiger partial charge in [-0.05, 0) is 25.3 Å². The van der Waals surface area contributed by atoms with E-state index in [0.717, 1.165) is 31.5 Å². The van der Waals surface area contributed by atoms with Crippen LogP contribution in [0.3, 0.4) is 0 Å². The molecular formula is C13H16N4OS. The first-order valence-corrected chi connectivity index (χ1v) is 7.38. The van der Waals surface area contributed by atoms with Gasteiger partial charge in [0.2, 0.25) is 0 Å². The van der Waals surface area contributed by atoms with Crippen LogP contribution in [-0.4, -0.2) is 32.1 Å². The third kappa shape index (κ3) is 2.28. The van der Waals surface area contributed by atoms with Crippen molar-refractivity contribution < 1.29 is 4.79 Å². The van der Waals surface area contributed by atoms with Crippen LogP contribution in [0.1, 0.15) is 41.5 Å². The second kappa shape index (κ2) is 5.13. The third-order valence-corrected chi connectivity index (χ3v) is 4.20. The largest absolute Gasteiger partial charge is 0.329 e. The molecule has 1 fully saturated rings. The topological polar surface area (TPSA) is 51.0 Å². The molecule has 19 heavy (non-hydrogen) atoms.